The monoisotopic (exact) mass is 348 g/mol. The third-order valence-corrected chi connectivity index (χ3v) is 4.51. The highest BCUT2D eigenvalue weighted by atomic mass is 79.9. The van der Waals surface area contributed by atoms with E-state index in [4.69, 9.17) is 0 Å². The van der Waals surface area contributed by atoms with E-state index < -0.39 is 26.6 Å². The maximum absolute atomic E-state index is 13.6. The fourth-order valence-electron chi connectivity index (χ4n) is 1.36. The van der Waals surface area contributed by atoms with Crippen LogP contribution in [-0.4, -0.2) is 13.4 Å². The van der Waals surface area contributed by atoms with Gasteiger partial charge in [0.15, 0.2) is 0 Å². The van der Waals surface area contributed by atoms with Gasteiger partial charge in [-0.2, -0.15) is 0 Å². The van der Waals surface area contributed by atoms with Gasteiger partial charge in [0.25, 0.3) is 10.0 Å². The quantitative estimate of drug-likeness (QED) is 0.927. The molecule has 1 aromatic carbocycles. The number of sulfonamides is 1. The van der Waals surface area contributed by atoms with Gasteiger partial charge in [0.1, 0.15) is 22.3 Å². The predicted molar refractivity (Wildman–Crippen MR) is 69.1 cm³/mol. The number of halogens is 3. The minimum absolute atomic E-state index is 0.0853. The first-order chi connectivity index (χ1) is 8.90. The van der Waals surface area contributed by atoms with E-state index in [0.717, 1.165) is 24.4 Å². The van der Waals surface area contributed by atoms with Crippen LogP contribution in [0.1, 0.15) is 0 Å². The molecule has 4 nitrogen and oxygen atoms in total. The van der Waals surface area contributed by atoms with E-state index in [1.165, 1.54) is 12.1 Å². The van der Waals surface area contributed by atoms with Crippen molar-refractivity contribution in [2.45, 2.75) is 4.90 Å². The lowest BCUT2D eigenvalue weighted by molar-refractivity contribution is 0.568. The van der Waals surface area contributed by atoms with E-state index >= 15 is 0 Å². The Morgan fingerprint density at radius 1 is 1.16 bits per heavy atom. The molecule has 0 amide bonds. The smallest absolute Gasteiger partial charge is 0.263 e. The summed E-state index contributed by atoms with van der Waals surface area (Å²) in [5.74, 6) is -1.60. The Kier molecular flexibility index (Phi) is 3.81. The first kappa shape index (κ1) is 13.9. The molecule has 19 heavy (non-hydrogen) atoms. The summed E-state index contributed by atoms with van der Waals surface area (Å²) >= 11 is 2.97. The van der Waals surface area contributed by atoms with Crippen molar-refractivity contribution in [3.05, 3.63) is 52.6 Å². The second-order valence-corrected chi connectivity index (χ2v) is 5.99. The number of aromatic nitrogens is 1. The molecule has 0 aliphatic rings. The third-order valence-electron chi connectivity index (χ3n) is 2.15. The number of rotatable bonds is 3. The molecule has 0 saturated heterocycles. The van der Waals surface area contributed by atoms with Gasteiger partial charge < -0.3 is 0 Å². The molecular formula is C11H7BrF2N2O2S. The van der Waals surface area contributed by atoms with E-state index in [2.05, 4.69) is 25.6 Å². The lowest BCUT2D eigenvalue weighted by Crippen LogP contribution is -2.16. The molecular weight excluding hydrogens is 342 g/mol. The average molecular weight is 349 g/mol. The highest BCUT2D eigenvalue weighted by Crippen LogP contribution is 2.26. The second kappa shape index (κ2) is 5.22. The molecule has 1 heterocycles. The number of benzene rings is 1. The standard InChI is InChI=1S/C11H7BrF2N2O2S/c12-8-2-1-3-9(14)11(8)19(17,18)16-10-5-4-7(13)6-15-10/h1-6H,(H,15,16). The minimum Gasteiger partial charge on any atom is -0.263 e. The molecule has 0 bridgehead atoms. The zero-order valence-corrected chi connectivity index (χ0v) is 11.7. The molecule has 0 unspecified atom stereocenters. The van der Waals surface area contributed by atoms with Crippen LogP contribution >= 0.6 is 15.9 Å². The molecule has 8 heteroatoms. The molecule has 1 N–H and O–H groups in total. The number of hydrogen-bond donors (Lipinski definition) is 1. The number of pyridine rings is 1. The second-order valence-electron chi connectivity index (χ2n) is 3.52. The van der Waals surface area contributed by atoms with Gasteiger partial charge in [-0.15, -0.1) is 0 Å². The fraction of sp³-hybridized carbons (Fsp3) is 0. The Morgan fingerprint density at radius 3 is 2.47 bits per heavy atom. The average Bonchev–Trinajstić information content (AvgIpc) is 2.31. The van der Waals surface area contributed by atoms with Crippen LogP contribution in [0.5, 0.6) is 0 Å². The van der Waals surface area contributed by atoms with Crippen molar-refractivity contribution >= 4 is 31.8 Å². The molecule has 0 fully saturated rings. The molecule has 0 aliphatic heterocycles. The van der Waals surface area contributed by atoms with Crippen molar-refractivity contribution in [3.8, 4) is 0 Å². The van der Waals surface area contributed by atoms with E-state index in [1.54, 1.807) is 0 Å². The molecule has 2 rings (SSSR count). The van der Waals surface area contributed by atoms with Crippen LogP contribution < -0.4 is 4.72 Å². The van der Waals surface area contributed by atoms with Gasteiger partial charge in [-0.05, 0) is 40.2 Å². The molecule has 0 saturated carbocycles. The van der Waals surface area contributed by atoms with E-state index in [9.17, 15) is 17.2 Å². The summed E-state index contributed by atoms with van der Waals surface area (Å²) in [5, 5.41) is 0. The number of hydrogen-bond acceptors (Lipinski definition) is 3. The Hall–Kier alpha value is -1.54. The van der Waals surface area contributed by atoms with Crippen LogP contribution in [0.25, 0.3) is 0 Å². The Bertz CT molecular complexity index is 685. The number of nitrogens with one attached hydrogen (secondary N) is 1. The van der Waals surface area contributed by atoms with Gasteiger partial charge in [0, 0.05) is 4.47 Å². The first-order valence-electron chi connectivity index (χ1n) is 4.98. The molecule has 0 radical (unpaired) electrons. The highest BCUT2D eigenvalue weighted by Gasteiger charge is 2.22. The van der Waals surface area contributed by atoms with Gasteiger partial charge in [-0.25, -0.2) is 22.2 Å². The van der Waals surface area contributed by atoms with Gasteiger partial charge >= 0.3 is 0 Å². The normalized spacial score (nSPS) is 11.3. The van der Waals surface area contributed by atoms with Crippen molar-refractivity contribution in [2.75, 3.05) is 4.72 Å². The topological polar surface area (TPSA) is 59.1 Å². The largest absolute Gasteiger partial charge is 0.267 e. The van der Waals surface area contributed by atoms with Crippen LogP contribution in [0.2, 0.25) is 0 Å². The molecule has 100 valence electrons. The van der Waals surface area contributed by atoms with Gasteiger partial charge in [0.05, 0.1) is 6.20 Å². The molecule has 0 spiro atoms. The zero-order chi connectivity index (χ0) is 14.0. The van der Waals surface area contributed by atoms with E-state index in [1.807, 2.05) is 0 Å². The summed E-state index contributed by atoms with van der Waals surface area (Å²) < 4.78 is 52.4. The van der Waals surface area contributed by atoms with Crippen molar-refractivity contribution < 1.29 is 17.2 Å². The van der Waals surface area contributed by atoms with Crippen LogP contribution in [0.3, 0.4) is 0 Å². The van der Waals surface area contributed by atoms with Crippen molar-refractivity contribution in [1.29, 1.82) is 0 Å². The summed E-state index contributed by atoms with van der Waals surface area (Å²) in [4.78, 5) is 3.02. The van der Waals surface area contributed by atoms with E-state index in [-0.39, 0.29) is 10.3 Å². The van der Waals surface area contributed by atoms with Crippen molar-refractivity contribution in [2.24, 2.45) is 0 Å². The van der Waals surface area contributed by atoms with E-state index in [0.29, 0.717) is 0 Å². The highest BCUT2D eigenvalue weighted by molar-refractivity contribution is 9.10. The van der Waals surface area contributed by atoms with Crippen LogP contribution in [0.4, 0.5) is 14.6 Å². The Balaban J connectivity index is 2.41. The van der Waals surface area contributed by atoms with Crippen LogP contribution in [-0.2, 0) is 10.0 Å². The molecule has 1 aromatic heterocycles. The Morgan fingerprint density at radius 2 is 1.89 bits per heavy atom. The number of nitrogens with zero attached hydrogens (tertiary/aromatic N) is 1. The lowest BCUT2D eigenvalue weighted by atomic mass is 10.3. The molecule has 0 aliphatic carbocycles. The van der Waals surface area contributed by atoms with Gasteiger partial charge in [-0.3, -0.25) is 4.72 Å². The minimum atomic E-state index is -4.14. The third kappa shape index (κ3) is 3.07. The first-order valence-corrected chi connectivity index (χ1v) is 7.26. The van der Waals surface area contributed by atoms with Gasteiger partial charge in [-0.1, -0.05) is 6.07 Å². The van der Waals surface area contributed by atoms with Crippen LogP contribution in [0, 0.1) is 11.6 Å². The Labute approximate surface area is 116 Å². The summed E-state index contributed by atoms with van der Waals surface area (Å²) in [6.45, 7) is 0. The molecule has 0 atom stereocenters. The van der Waals surface area contributed by atoms with Crippen molar-refractivity contribution in [3.63, 3.8) is 0 Å². The fourth-order valence-corrected chi connectivity index (χ4v) is 3.49. The lowest BCUT2D eigenvalue weighted by Gasteiger charge is -2.09. The van der Waals surface area contributed by atoms with Gasteiger partial charge in [0.2, 0.25) is 0 Å². The van der Waals surface area contributed by atoms with Crippen molar-refractivity contribution in [1.82, 2.24) is 4.98 Å². The SMILES string of the molecule is O=S(=O)(Nc1ccc(F)cn1)c1c(F)cccc1Br. The summed E-state index contributed by atoms with van der Waals surface area (Å²) in [5.41, 5.74) is 0. The maximum atomic E-state index is 13.6. The maximum Gasteiger partial charge on any atom is 0.267 e. The summed E-state index contributed by atoms with van der Waals surface area (Å²) in [7, 11) is -4.14. The summed E-state index contributed by atoms with van der Waals surface area (Å²) in [6, 6.07) is 5.98. The number of anilines is 1. The van der Waals surface area contributed by atoms with Crippen LogP contribution in [0.15, 0.2) is 45.9 Å². The molecule has 2 aromatic rings. The predicted octanol–water partition coefficient (Wildman–Crippen LogP) is 2.92. The zero-order valence-electron chi connectivity index (χ0n) is 9.27. The summed E-state index contributed by atoms with van der Waals surface area (Å²) in [6.07, 6.45) is 0.855.